The summed E-state index contributed by atoms with van der Waals surface area (Å²) < 4.78 is 32.7. The second kappa shape index (κ2) is 3.55. The molecule has 0 saturated carbocycles. The van der Waals surface area contributed by atoms with Crippen LogP contribution in [0.1, 0.15) is 9.67 Å². The second-order valence-electron chi connectivity index (χ2n) is 2.06. The van der Waals surface area contributed by atoms with Crippen LogP contribution in [0.3, 0.4) is 0 Å². The molecule has 1 aromatic rings. The fourth-order valence-electron chi connectivity index (χ4n) is 0.602. The fourth-order valence-corrected chi connectivity index (χ4v) is 1.44. The Morgan fingerprint density at radius 3 is 2.77 bits per heavy atom. The van der Waals surface area contributed by atoms with E-state index in [0.717, 1.165) is 6.07 Å². The number of halogens is 3. The molecule has 0 aliphatic carbocycles. The third kappa shape index (κ3) is 2.35. The van der Waals surface area contributed by atoms with Crippen LogP contribution >= 0.6 is 23.1 Å². The summed E-state index contributed by atoms with van der Waals surface area (Å²) in [5.41, 5.74) is 0. The van der Waals surface area contributed by atoms with Crippen LogP contribution in [-0.2, 0) is 0 Å². The number of methoxy groups -OCH3 is 1. The van der Waals surface area contributed by atoms with E-state index < -0.39 is 11.2 Å². The first-order valence-electron chi connectivity index (χ1n) is 3.07. The molecular formula is C6H4ClF2NO2S. The van der Waals surface area contributed by atoms with Crippen molar-refractivity contribution in [3.05, 3.63) is 10.9 Å². The predicted octanol–water partition coefficient (Wildman–Crippen LogP) is 2.17. The van der Waals surface area contributed by atoms with Crippen LogP contribution in [0.25, 0.3) is 0 Å². The Morgan fingerprint density at radius 2 is 2.38 bits per heavy atom. The van der Waals surface area contributed by atoms with Gasteiger partial charge in [0.05, 0.1) is 7.11 Å². The summed E-state index contributed by atoms with van der Waals surface area (Å²) in [6.45, 7) is 0. The zero-order valence-electron chi connectivity index (χ0n) is 6.38. The molecule has 1 rings (SSSR count). The molecule has 0 amide bonds. The third-order valence-corrected chi connectivity index (χ3v) is 2.12. The summed E-state index contributed by atoms with van der Waals surface area (Å²) in [5.74, 6) is -1.34. The first kappa shape index (κ1) is 10.3. The van der Waals surface area contributed by atoms with Gasteiger partial charge < -0.3 is 4.74 Å². The molecule has 7 heteroatoms. The topological polar surface area (TPSA) is 39.2 Å². The number of aromatic nitrogens is 1. The van der Waals surface area contributed by atoms with Crippen LogP contribution in [0.2, 0.25) is 0 Å². The summed E-state index contributed by atoms with van der Waals surface area (Å²) >= 11 is 5.15. The number of ether oxygens (including phenoxy) is 1. The molecule has 0 saturated heterocycles. The summed E-state index contributed by atoms with van der Waals surface area (Å²) in [6, 6.07) is 1.11. The van der Waals surface area contributed by atoms with Gasteiger partial charge in [0.25, 0.3) is 5.78 Å². The van der Waals surface area contributed by atoms with Gasteiger partial charge in [-0.2, -0.15) is 13.2 Å². The van der Waals surface area contributed by atoms with E-state index >= 15 is 0 Å². The molecule has 72 valence electrons. The van der Waals surface area contributed by atoms with E-state index in [0.29, 0.717) is 11.5 Å². The van der Waals surface area contributed by atoms with Crippen molar-refractivity contribution >= 4 is 28.9 Å². The van der Waals surface area contributed by atoms with Crippen molar-refractivity contribution in [1.29, 1.82) is 0 Å². The van der Waals surface area contributed by atoms with Crippen molar-refractivity contribution in [2.24, 2.45) is 0 Å². The van der Waals surface area contributed by atoms with Gasteiger partial charge in [0.2, 0.25) is 5.88 Å². The molecule has 13 heavy (non-hydrogen) atoms. The van der Waals surface area contributed by atoms with E-state index in [1.165, 1.54) is 7.11 Å². The molecule has 0 atom stereocenters. The van der Waals surface area contributed by atoms with Crippen molar-refractivity contribution in [1.82, 2.24) is 4.37 Å². The van der Waals surface area contributed by atoms with Gasteiger partial charge in [-0.15, -0.1) is 0 Å². The lowest BCUT2D eigenvalue weighted by molar-refractivity contribution is 0.0540. The van der Waals surface area contributed by atoms with Gasteiger partial charge in [0.1, 0.15) is 4.88 Å². The maximum Gasteiger partial charge on any atom is 0.385 e. The first-order valence-corrected chi connectivity index (χ1v) is 4.22. The van der Waals surface area contributed by atoms with E-state index in [2.05, 4.69) is 20.7 Å². The van der Waals surface area contributed by atoms with Crippen molar-refractivity contribution in [3.8, 4) is 5.88 Å². The minimum atomic E-state index is -3.88. The van der Waals surface area contributed by atoms with Gasteiger partial charge in [-0.1, -0.05) is 0 Å². The standard InChI is InChI=1S/C6H4ClF2NO2S/c1-12-4-2-3(13-10-4)5(11)6(7,8)9/h2H,1H3. The average molecular weight is 228 g/mol. The highest BCUT2D eigenvalue weighted by Crippen LogP contribution is 2.28. The number of rotatable bonds is 3. The highest BCUT2D eigenvalue weighted by molar-refractivity contribution is 7.08. The molecule has 0 aromatic carbocycles. The molecule has 0 unspecified atom stereocenters. The lowest BCUT2D eigenvalue weighted by atomic mass is 10.3. The Bertz CT molecular complexity index is 323. The van der Waals surface area contributed by atoms with Gasteiger partial charge in [-0.3, -0.25) is 4.79 Å². The van der Waals surface area contributed by atoms with Gasteiger partial charge in [0.15, 0.2) is 0 Å². The Morgan fingerprint density at radius 1 is 1.77 bits per heavy atom. The monoisotopic (exact) mass is 227 g/mol. The van der Waals surface area contributed by atoms with Crippen LogP contribution in [0, 0.1) is 0 Å². The van der Waals surface area contributed by atoms with Crippen LogP contribution < -0.4 is 4.74 Å². The maximum absolute atomic E-state index is 12.3. The lowest BCUT2D eigenvalue weighted by Gasteiger charge is -2.01. The van der Waals surface area contributed by atoms with Crippen LogP contribution in [0.15, 0.2) is 6.07 Å². The minimum absolute atomic E-state index is 0.120. The zero-order valence-corrected chi connectivity index (χ0v) is 7.96. The first-order chi connectivity index (χ1) is 5.95. The highest BCUT2D eigenvalue weighted by atomic mass is 35.5. The quantitative estimate of drug-likeness (QED) is 0.587. The van der Waals surface area contributed by atoms with Gasteiger partial charge in [-0.05, 0) is 23.1 Å². The lowest BCUT2D eigenvalue weighted by Crippen LogP contribution is -2.20. The molecule has 0 fully saturated rings. The number of ketones is 1. The Labute approximate surface area is 81.4 Å². The number of hydrogen-bond acceptors (Lipinski definition) is 4. The molecule has 3 nitrogen and oxygen atoms in total. The molecule has 1 aromatic heterocycles. The average Bonchev–Trinajstić information content (AvgIpc) is 2.48. The molecule has 0 radical (unpaired) electrons. The molecule has 0 aliphatic heterocycles. The van der Waals surface area contributed by atoms with E-state index in [-0.39, 0.29) is 10.8 Å². The van der Waals surface area contributed by atoms with Crippen LogP contribution in [-0.4, -0.2) is 22.6 Å². The molecular weight excluding hydrogens is 224 g/mol. The number of Topliss-reactive ketones (excluding diaryl/α,β-unsaturated/α-hetero) is 1. The zero-order chi connectivity index (χ0) is 10.1. The number of hydrogen-bond donors (Lipinski definition) is 0. The normalized spacial score (nSPS) is 11.4. The Kier molecular flexibility index (Phi) is 2.82. The molecule has 1 heterocycles. The van der Waals surface area contributed by atoms with E-state index in [1.807, 2.05) is 0 Å². The van der Waals surface area contributed by atoms with E-state index in [1.54, 1.807) is 0 Å². The van der Waals surface area contributed by atoms with E-state index in [9.17, 15) is 13.6 Å². The Balaban J connectivity index is 2.90. The summed E-state index contributed by atoms with van der Waals surface area (Å²) in [4.78, 5) is 10.6. The maximum atomic E-state index is 12.3. The predicted molar refractivity (Wildman–Crippen MR) is 43.8 cm³/mol. The Hall–Kier alpha value is -0.750. The number of alkyl halides is 3. The molecule has 0 bridgehead atoms. The van der Waals surface area contributed by atoms with Crippen LogP contribution in [0.5, 0.6) is 5.88 Å². The van der Waals surface area contributed by atoms with Crippen LogP contribution in [0.4, 0.5) is 8.78 Å². The molecule has 0 N–H and O–H groups in total. The third-order valence-electron chi connectivity index (χ3n) is 1.18. The summed E-state index contributed by atoms with van der Waals surface area (Å²) in [7, 11) is 1.32. The number of nitrogens with zero attached hydrogens (tertiary/aromatic N) is 1. The van der Waals surface area contributed by atoms with E-state index in [4.69, 9.17) is 0 Å². The highest BCUT2D eigenvalue weighted by Gasteiger charge is 2.37. The van der Waals surface area contributed by atoms with Crippen molar-refractivity contribution in [2.75, 3.05) is 7.11 Å². The smallest absolute Gasteiger partial charge is 0.385 e. The van der Waals surface area contributed by atoms with Gasteiger partial charge in [0, 0.05) is 6.07 Å². The summed E-state index contributed by atoms with van der Waals surface area (Å²) in [5, 5.41) is -3.88. The minimum Gasteiger partial charge on any atom is -0.480 e. The molecule has 0 aliphatic rings. The largest absolute Gasteiger partial charge is 0.480 e. The number of carbonyl (C=O) groups excluding carboxylic acids is 1. The molecule has 0 spiro atoms. The summed E-state index contributed by atoms with van der Waals surface area (Å²) in [6.07, 6.45) is 0. The SMILES string of the molecule is COc1cc(C(=O)C(F)(F)Cl)sn1. The van der Waals surface area contributed by atoms with Gasteiger partial charge >= 0.3 is 5.38 Å². The van der Waals surface area contributed by atoms with Crippen molar-refractivity contribution in [3.63, 3.8) is 0 Å². The van der Waals surface area contributed by atoms with Gasteiger partial charge in [-0.25, -0.2) is 0 Å². The van der Waals surface area contributed by atoms with Crippen molar-refractivity contribution in [2.45, 2.75) is 5.38 Å². The van der Waals surface area contributed by atoms with Crippen molar-refractivity contribution < 1.29 is 18.3 Å². The number of carbonyl (C=O) groups is 1. The second-order valence-corrected chi connectivity index (χ2v) is 3.34. The fraction of sp³-hybridized carbons (Fsp3) is 0.333.